The molecule has 0 aromatic heterocycles. The Labute approximate surface area is 213 Å². The minimum atomic E-state index is -1.06. The van der Waals surface area contributed by atoms with Crippen LogP contribution in [-0.2, 0) is 20.8 Å². The van der Waals surface area contributed by atoms with Gasteiger partial charge in [0.2, 0.25) is 5.91 Å². The van der Waals surface area contributed by atoms with E-state index in [4.69, 9.17) is 15.2 Å². The molecule has 1 unspecified atom stereocenters. The molecule has 3 N–H and O–H groups in total. The molecule has 3 amide bonds. The van der Waals surface area contributed by atoms with Crippen molar-refractivity contribution in [3.05, 3.63) is 29.3 Å². The molecule has 10 heteroatoms. The second-order valence-electron chi connectivity index (χ2n) is 11.4. The van der Waals surface area contributed by atoms with Crippen molar-refractivity contribution >= 4 is 23.6 Å². The van der Waals surface area contributed by atoms with Crippen LogP contribution in [0.15, 0.2) is 18.2 Å². The minimum Gasteiger partial charge on any atom is -0.444 e. The summed E-state index contributed by atoms with van der Waals surface area (Å²) < 4.78 is 11.0. The molecule has 1 aromatic rings. The first-order valence-corrected chi connectivity index (χ1v) is 12.5. The molecule has 2 aliphatic heterocycles. The lowest BCUT2D eigenvalue weighted by molar-refractivity contribution is -0.170. The van der Waals surface area contributed by atoms with Crippen molar-refractivity contribution in [3.63, 3.8) is 0 Å². The van der Waals surface area contributed by atoms with Gasteiger partial charge in [0.05, 0.1) is 5.60 Å². The number of benzene rings is 1. The van der Waals surface area contributed by atoms with Gasteiger partial charge in [-0.05, 0) is 71.7 Å². The highest BCUT2D eigenvalue weighted by atomic mass is 16.6. The van der Waals surface area contributed by atoms with Crippen LogP contribution in [0.1, 0.15) is 70.3 Å². The zero-order valence-corrected chi connectivity index (χ0v) is 22.2. The number of amides is 3. The second kappa shape index (κ2) is 10.6. The number of hydrogen-bond donors (Lipinski definition) is 2. The van der Waals surface area contributed by atoms with Gasteiger partial charge in [0.15, 0.2) is 6.29 Å². The summed E-state index contributed by atoms with van der Waals surface area (Å²) in [7, 11) is 0. The minimum absolute atomic E-state index is 0.179. The first-order chi connectivity index (χ1) is 16.6. The number of piperazine rings is 1. The normalized spacial score (nSPS) is 18.2. The lowest BCUT2D eigenvalue weighted by Crippen LogP contribution is -2.50. The molecule has 2 atom stereocenters. The highest BCUT2D eigenvalue weighted by Gasteiger charge is 2.36. The number of hydrogen-bond acceptors (Lipinski definition) is 7. The standard InChI is InChI=1S/C26H40N4O6/c1-25(2,3)35-21(31)10-9-20(22(27)32)30-16-17-15-18(7-8-19(17)23(30)33)28-11-13-29(14-12-28)24(34)36-26(4,5)6/h7-8,15,20-21,31H,9-14,16H2,1-6H3,(H2,27,32)/t20-,21?/m1/s1. The molecule has 0 saturated carbocycles. The Hall–Kier alpha value is -2.85. The van der Waals surface area contributed by atoms with Gasteiger partial charge in [-0.1, -0.05) is 0 Å². The lowest BCUT2D eigenvalue weighted by Gasteiger charge is -2.36. The summed E-state index contributed by atoms with van der Waals surface area (Å²) in [5.41, 5.74) is 6.90. The fraction of sp³-hybridized carbons (Fsp3) is 0.654. The second-order valence-corrected chi connectivity index (χ2v) is 11.4. The number of rotatable bonds is 7. The zero-order valence-electron chi connectivity index (χ0n) is 22.2. The topological polar surface area (TPSA) is 126 Å². The van der Waals surface area contributed by atoms with E-state index in [1.807, 2.05) is 53.7 Å². The van der Waals surface area contributed by atoms with Crippen LogP contribution in [0.2, 0.25) is 0 Å². The van der Waals surface area contributed by atoms with Crippen LogP contribution >= 0.6 is 0 Å². The summed E-state index contributed by atoms with van der Waals surface area (Å²) in [5, 5.41) is 10.2. The maximum absolute atomic E-state index is 13.1. The number of fused-ring (bicyclic) bond motifs is 1. The molecule has 2 heterocycles. The SMILES string of the molecule is CC(C)(C)OC(=O)N1CCN(c2ccc3c(c2)CN([C@H](CCC(O)OC(C)(C)C)C(N)=O)C3=O)CC1. The predicted octanol–water partition coefficient (Wildman–Crippen LogP) is 2.47. The summed E-state index contributed by atoms with van der Waals surface area (Å²) >= 11 is 0. The monoisotopic (exact) mass is 504 g/mol. The van der Waals surface area contributed by atoms with Gasteiger partial charge in [-0.2, -0.15) is 0 Å². The van der Waals surface area contributed by atoms with Gasteiger partial charge in [-0.15, -0.1) is 0 Å². The van der Waals surface area contributed by atoms with Crippen LogP contribution in [0, 0.1) is 0 Å². The molecule has 1 saturated heterocycles. The quantitative estimate of drug-likeness (QED) is 0.546. The van der Waals surface area contributed by atoms with Crippen LogP contribution in [-0.4, -0.2) is 82.5 Å². The van der Waals surface area contributed by atoms with Crippen LogP contribution in [0.3, 0.4) is 0 Å². The Morgan fingerprint density at radius 1 is 1.03 bits per heavy atom. The van der Waals surface area contributed by atoms with E-state index >= 15 is 0 Å². The molecule has 0 bridgehead atoms. The number of nitrogens with zero attached hydrogens (tertiary/aromatic N) is 3. The van der Waals surface area contributed by atoms with Crippen LogP contribution in [0.5, 0.6) is 0 Å². The maximum Gasteiger partial charge on any atom is 0.410 e. The van der Waals surface area contributed by atoms with Crippen molar-refractivity contribution in [3.8, 4) is 0 Å². The van der Waals surface area contributed by atoms with Gasteiger partial charge >= 0.3 is 6.09 Å². The summed E-state index contributed by atoms with van der Waals surface area (Å²) in [6.07, 6.45) is -0.991. The van der Waals surface area contributed by atoms with E-state index in [9.17, 15) is 19.5 Å². The van der Waals surface area contributed by atoms with Gasteiger partial charge in [-0.25, -0.2) is 4.79 Å². The first kappa shape index (κ1) is 27.7. The molecule has 2 aliphatic rings. The number of carbonyl (C=O) groups excluding carboxylic acids is 3. The number of aliphatic hydroxyl groups is 1. The van der Waals surface area contributed by atoms with Crippen molar-refractivity contribution < 1.29 is 29.0 Å². The van der Waals surface area contributed by atoms with Crippen molar-refractivity contribution in [2.75, 3.05) is 31.1 Å². The summed E-state index contributed by atoms with van der Waals surface area (Å²) in [4.78, 5) is 43.0. The van der Waals surface area contributed by atoms with Crippen molar-refractivity contribution in [2.45, 2.75) is 84.5 Å². The molecule has 0 radical (unpaired) electrons. The number of anilines is 1. The molecule has 0 aliphatic carbocycles. The van der Waals surface area contributed by atoms with E-state index in [1.54, 1.807) is 11.0 Å². The van der Waals surface area contributed by atoms with E-state index in [2.05, 4.69) is 4.90 Å². The van der Waals surface area contributed by atoms with Gasteiger partial charge in [0.25, 0.3) is 5.91 Å². The van der Waals surface area contributed by atoms with Gasteiger partial charge in [0, 0.05) is 50.4 Å². The number of primary amides is 1. The zero-order chi connectivity index (χ0) is 26.8. The van der Waals surface area contributed by atoms with E-state index in [0.717, 1.165) is 11.3 Å². The maximum atomic E-state index is 13.1. The van der Waals surface area contributed by atoms with Crippen LogP contribution < -0.4 is 10.6 Å². The van der Waals surface area contributed by atoms with Crippen LogP contribution in [0.4, 0.5) is 10.5 Å². The third kappa shape index (κ3) is 7.10. The van der Waals surface area contributed by atoms with E-state index < -0.39 is 29.4 Å². The number of carbonyl (C=O) groups is 3. The summed E-state index contributed by atoms with van der Waals surface area (Å²) in [6.45, 7) is 13.7. The highest BCUT2D eigenvalue weighted by Crippen LogP contribution is 2.30. The first-order valence-electron chi connectivity index (χ1n) is 12.5. The fourth-order valence-corrected chi connectivity index (χ4v) is 4.47. The highest BCUT2D eigenvalue weighted by molar-refractivity contribution is 6.01. The Bertz CT molecular complexity index is 976. The smallest absolute Gasteiger partial charge is 0.410 e. The molecule has 36 heavy (non-hydrogen) atoms. The third-order valence-electron chi connectivity index (χ3n) is 6.10. The third-order valence-corrected chi connectivity index (χ3v) is 6.10. The largest absolute Gasteiger partial charge is 0.444 e. The van der Waals surface area contributed by atoms with Gasteiger partial charge in [0.1, 0.15) is 11.6 Å². The Morgan fingerprint density at radius 3 is 2.22 bits per heavy atom. The van der Waals surface area contributed by atoms with Crippen LogP contribution in [0.25, 0.3) is 0 Å². The Balaban J connectivity index is 1.63. The molecule has 3 rings (SSSR count). The fourth-order valence-electron chi connectivity index (χ4n) is 4.47. The average Bonchev–Trinajstić information content (AvgIpc) is 3.07. The number of aliphatic hydroxyl groups excluding tert-OH is 1. The van der Waals surface area contributed by atoms with Gasteiger partial charge in [-0.3, -0.25) is 9.59 Å². The lowest BCUT2D eigenvalue weighted by atomic mass is 10.1. The molecule has 0 spiro atoms. The number of nitrogens with two attached hydrogens (primary N) is 1. The van der Waals surface area contributed by atoms with E-state index in [0.29, 0.717) is 31.7 Å². The molecule has 1 aromatic carbocycles. The van der Waals surface area contributed by atoms with Crippen molar-refractivity contribution in [1.29, 1.82) is 0 Å². The molecular formula is C26H40N4O6. The van der Waals surface area contributed by atoms with Crippen molar-refractivity contribution in [2.24, 2.45) is 5.73 Å². The molecule has 1 fully saturated rings. The van der Waals surface area contributed by atoms with Gasteiger partial charge < -0.3 is 35.0 Å². The molecule has 200 valence electrons. The summed E-state index contributed by atoms with van der Waals surface area (Å²) in [5.74, 6) is -0.862. The summed E-state index contributed by atoms with van der Waals surface area (Å²) in [6, 6.07) is 4.79. The molecule has 10 nitrogen and oxygen atoms in total. The predicted molar refractivity (Wildman–Crippen MR) is 135 cm³/mol. The Kier molecular flexibility index (Phi) is 8.20. The van der Waals surface area contributed by atoms with E-state index in [-0.39, 0.29) is 31.4 Å². The van der Waals surface area contributed by atoms with Crippen molar-refractivity contribution in [1.82, 2.24) is 9.80 Å². The van der Waals surface area contributed by atoms with E-state index in [1.165, 1.54) is 4.90 Å². The molecular weight excluding hydrogens is 464 g/mol. The average molecular weight is 505 g/mol. The number of ether oxygens (including phenoxy) is 2. The Morgan fingerprint density at radius 2 is 1.67 bits per heavy atom.